The second kappa shape index (κ2) is 7.93. The van der Waals surface area contributed by atoms with Crippen molar-refractivity contribution in [2.75, 3.05) is 31.2 Å². The number of rotatable bonds is 5. The van der Waals surface area contributed by atoms with Gasteiger partial charge in [0.1, 0.15) is 5.82 Å². The minimum Gasteiger partial charge on any atom is -0.378 e. The molecule has 0 spiro atoms. The first kappa shape index (κ1) is 17.8. The van der Waals surface area contributed by atoms with Crippen molar-refractivity contribution < 1.29 is 13.9 Å². The molecule has 134 valence electrons. The molecule has 0 aliphatic carbocycles. The third-order valence-electron chi connectivity index (χ3n) is 4.22. The van der Waals surface area contributed by atoms with E-state index in [-0.39, 0.29) is 17.8 Å². The number of aryl methyl sites for hydroxylation is 1. The lowest BCUT2D eigenvalue weighted by atomic mass is 10.1. The number of halogens is 1. The average Bonchev–Trinajstić information content (AvgIpc) is 3.11. The smallest absolute Gasteiger partial charge is 0.251 e. The summed E-state index contributed by atoms with van der Waals surface area (Å²) in [6.45, 7) is 6.42. The second-order valence-corrected chi connectivity index (χ2v) is 6.92. The van der Waals surface area contributed by atoms with E-state index in [1.54, 1.807) is 23.5 Å². The molecule has 0 bridgehead atoms. The Hall–Kier alpha value is -1.99. The van der Waals surface area contributed by atoms with Gasteiger partial charge in [-0.15, -0.1) is 11.3 Å². The van der Waals surface area contributed by atoms with E-state index in [1.807, 2.05) is 24.1 Å². The Balaban J connectivity index is 1.68. The molecule has 1 saturated heterocycles. The first-order valence-electron chi connectivity index (χ1n) is 8.46. The van der Waals surface area contributed by atoms with Crippen LogP contribution in [0.1, 0.15) is 40.9 Å². The van der Waals surface area contributed by atoms with Gasteiger partial charge in [0.15, 0.2) is 0 Å². The summed E-state index contributed by atoms with van der Waals surface area (Å²) in [7, 11) is 0. The van der Waals surface area contributed by atoms with Crippen LogP contribution in [0.5, 0.6) is 0 Å². The van der Waals surface area contributed by atoms with Crippen LogP contribution in [0.4, 0.5) is 10.1 Å². The molecule has 1 amide bonds. The largest absolute Gasteiger partial charge is 0.378 e. The highest BCUT2D eigenvalue weighted by molar-refractivity contribution is 7.09. The highest BCUT2D eigenvalue weighted by atomic mass is 32.1. The molecule has 0 radical (unpaired) electrons. The number of aromatic nitrogens is 1. The van der Waals surface area contributed by atoms with Crippen LogP contribution in [0.25, 0.3) is 0 Å². The zero-order valence-electron chi connectivity index (χ0n) is 14.4. The zero-order valence-corrected chi connectivity index (χ0v) is 15.2. The van der Waals surface area contributed by atoms with Gasteiger partial charge in [0.25, 0.3) is 5.91 Å². The number of benzene rings is 1. The Labute approximate surface area is 150 Å². The van der Waals surface area contributed by atoms with Crippen molar-refractivity contribution in [3.63, 3.8) is 0 Å². The molecular weight excluding hydrogens is 341 g/mol. The third kappa shape index (κ3) is 4.16. The van der Waals surface area contributed by atoms with Gasteiger partial charge in [0.05, 0.1) is 35.6 Å². The lowest BCUT2D eigenvalue weighted by Gasteiger charge is -2.29. The van der Waals surface area contributed by atoms with Crippen molar-refractivity contribution in [3.05, 3.63) is 45.7 Å². The number of nitrogens with zero attached hydrogens (tertiary/aromatic N) is 2. The van der Waals surface area contributed by atoms with Gasteiger partial charge in [-0.25, -0.2) is 9.37 Å². The summed E-state index contributed by atoms with van der Waals surface area (Å²) in [4.78, 5) is 18.8. The van der Waals surface area contributed by atoms with Crippen LogP contribution in [-0.4, -0.2) is 37.2 Å². The number of hydrogen-bond donors (Lipinski definition) is 1. The molecule has 3 rings (SSSR count). The summed E-state index contributed by atoms with van der Waals surface area (Å²) in [5.74, 6) is -0.685. The van der Waals surface area contributed by atoms with Crippen molar-refractivity contribution in [2.45, 2.75) is 26.3 Å². The number of morpholine rings is 1. The van der Waals surface area contributed by atoms with Crippen molar-refractivity contribution in [3.8, 4) is 0 Å². The summed E-state index contributed by atoms with van der Waals surface area (Å²) >= 11 is 1.58. The molecule has 1 aromatic heterocycles. The maximum Gasteiger partial charge on any atom is 0.251 e. The highest BCUT2D eigenvalue weighted by Crippen LogP contribution is 2.22. The van der Waals surface area contributed by atoms with Crippen LogP contribution in [0.2, 0.25) is 0 Å². The lowest BCUT2D eigenvalue weighted by molar-refractivity contribution is 0.0938. The molecule has 25 heavy (non-hydrogen) atoms. The zero-order chi connectivity index (χ0) is 17.8. The van der Waals surface area contributed by atoms with E-state index in [4.69, 9.17) is 4.74 Å². The molecule has 1 aromatic carbocycles. The Morgan fingerprint density at radius 3 is 2.84 bits per heavy atom. The molecule has 1 N–H and O–H groups in total. The number of nitrogens with one attached hydrogen (secondary N) is 1. The Bertz CT molecular complexity index is 744. The monoisotopic (exact) mass is 363 g/mol. The van der Waals surface area contributed by atoms with Gasteiger partial charge in [-0.2, -0.15) is 0 Å². The Morgan fingerprint density at radius 1 is 1.44 bits per heavy atom. The fourth-order valence-electron chi connectivity index (χ4n) is 2.75. The SMILES string of the molecule is CCc1nc(C(C)NC(=O)c2ccc(N3CCOCC3)c(F)c2)cs1. The Morgan fingerprint density at radius 2 is 2.20 bits per heavy atom. The number of amides is 1. The van der Waals surface area contributed by atoms with Gasteiger partial charge in [-0.1, -0.05) is 6.92 Å². The van der Waals surface area contributed by atoms with Crippen molar-refractivity contribution in [1.82, 2.24) is 10.3 Å². The maximum absolute atomic E-state index is 14.4. The minimum atomic E-state index is -0.385. The third-order valence-corrected chi connectivity index (χ3v) is 5.24. The fourth-order valence-corrected chi connectivity index (χ4v) is 3.59. The van der Waals surface area contributed by atoms with Crippen LogP contribution >= 0.6 is 11.3 Å². The van der Waals surface area contributed by atoms with Gasteiger partial charge in [-0.3, -0.25) is 4.79 Å². The number of carbonyl (C=O) groups is 1. The van der Waals surface area contributed by atoms with Gasteiger partial charge >= 0.3 is 0 Å². The summed E-state index contributed by atoms with van der Waals surface area (Å²) in [5, 5.41) is 5.87. The molecule has 1 aliphatic heterocycles. The van der Waals surface area contributed by atoms with E-state index < -0.39 is 0 Å². The highest BCUT2D eigenvalue weighted by Gasteiger charge is 2.18. The van der Waals surface area contributed by atoms with Crippen molar-refractivity contribution >= 4 is 22.9 Å². The van der Waals surface area contributed by atoms with Gasteiger partial charge in [-0.05, 0) is 31.5 Å². The molecule has 2 aromatic rings. The average molecular weight is 363 g/mol. The van der Waals surface area contributed by atoms with Crippen LogP contribution in [-0.2, 0) is 11.2 Å². The Kier molecular flexibility index (Phi) is 5.65. The number of anilines is 1. The van der Waals surface area contributed by atoms with Gasteiger partial charge < -0.3 is 15.0 Å². The first-order valence-corrected chi connectivity index (χ1v) is 9.34. The van der Waals surface area contributed by atoms with Gasteiger partial charge in [0, 0.05) is 24.0 Å². The van der Waals surface area contributed by atoms with E-state index in [1.165, 1.54) is 6.07 Å². The maximum atomic E-state index is 14.4. The van der Waals surface area contributed by atoms with E-state index in [2.05, 4.69) is 10.3 Å². The molecule has 2 heterocycles. The standard InChI is InChI=1S/C18H22FN3O2S/c1-3-17-21-15(11-25-17)12(2)20-18(23)13-4-5-16(14(19)10-13)22-6-8-24-9-7-22/h4-5,10-12H,3,6-9H2,1-2H3,(H,20,23). The predicted molar refractivity (Wildman–Crippen MR) is 96.8 cm³/mol. The van der Waals surface area contributed by atoms with E-state index in [0.717, 1.165) is 17.1 Å². The lowest BCUT2D eigenvalue weighted by Crippen LogP contribution is -2.36. The number of carbonyl (C=O) groups excluding carboxylic acids is 1. The van der Waals surface area contributed by atoms with Crippen LogP contribution in [0, 0.1) is 5.82 Å². The first-order chi connectivity index (χ1) is 12.1. The fraction of sp³-hybridized carbons (Fsp3) is 0.444. The summed E-state index contributed by atoms with van der Waals surface area (Å²) < 4.78 is 19.7. The molecule has 5 nitrogen and oxygen atoms in total. The molecule has 1 unspecified atom stereocenters. The molecule has 1 fully saturated rings. The summed E-state index contributed by atoms with van der Waals surface area (Å²) in [6.07, 6.45) is 0.875. The van der Waals surface area contributed by atoms with Crippen LogP contribution in [0.3, 0.4) is 0 Å². The predicted octanol–water partition coefficient (Wildman–Crippen LogP) is 3.17. The van der Waals surface area contributed by atoms with E-state index >= 15 is 0 Å². The molecular formula is C18H22FN3O2S. The quantitative estimate of drug-likeness (QED) is 0.887. The van der Waals surface area contributed by atoms with E-state index in [0.29, 0.717) is 37.6 Å². The number of thiazole rings is 1. The number of ether oxygens (including phenoxy) is 1. The summed E-state index contributed by atoms with van der Waals surface area (Å²) in [6, 6.07) is 4.41. The minimum absolute atomic E-state index is 0.217. The molecule has 0 saturated carbocycles. The van der Waals surface area contributed by atoms with Crippen LogP contribution < -0.4 is 10.2 Å². The topological polar surface area (TPSA) is 54.5 Å². The van der Waals surface area contributed by atoms with Crippen molar-refractivity contribution in [2.24, 2.45) is 0 Å². The van der Waals surface area contributed by atoms with E-state index in [9.17, 15) is 9.18 Å². The second-order valence-electron chi connectivity index (χ2n) is 5.98. The molecule has 1 atom stereocenters. The summed E-state index contributed by atoms with van der Waals surface area (Å²) in [5.41, 5.74) is 1.66. The van der Waals surface area contributed by atoms with Gasteiger partial charge in [0.2, 0.25) is 0 Å². The molecule has 7 heteroatoms. The number of hydrogen-bond acceptors (Lipinski definition) is 5. The normalized spacial score (nSPS) is 15.9. The van der Waals surface area contributed by atoms with Crippen molar-refractivity contribution in [1.29, 1.82) is 0 Å². The van der Waals surface area contributed by atoms with Crippen LogP contribution in [0.15, 0.2) is 23.6 Å². The molecule has 1 aliphatic rings.